The number of hydrogen-bond donors (Lipinski definition) is 3. The fourth-order valence-corrected chi connectivity index (χ4v) is 1.28. The van der Waals surface area contributed by atoms with E-state index in [4.69, 9.17) is 17.2 Å². The van der Waals surface area contributed by atoms with E-state index in [0.29, 0.717) is 17.1 Å². The van der Waals surface area contributed by atoms with Crippen molar-refractivity contribution < 1.29 is 0 Å². The molecule has 6 heteroatoms. The molecule has 0 radical (unpaired) electrons. The van der Waals surface area contributed by atoms with Crippen LogP contribution in [0.15, 0.2) is 0 Å². The molecule has 1 rings (SSSR count). The van der Waals surface area contributed by atoms with Crippen LogP contribution < -0.4 is 33.6 Å². The molecule has 6 N–H and O–H groups in total. The van der Waals surface area contributed by atoms with Gasteiger partial charge in [0, 0.05) is 17.1 Å². The minimum atomic E-state index is 0.704. The zero-order valence-electron chi connectivity index (χ0n) is 7.73. The molecule has 1 aromatic carbocycles. The molecule has 0 saturated heterocycles. The summed E-state index contributed by atoms with van der Waals surface area (Å²) in [6, 6.07) is 0. The molecule has 0 aliphatic rings. The number of rotatable bonds is 0. The largest absolute Gasteiger partial charge is 0.400 e. The molecule has 0 spiro atoms. The Morgan fingerprint density at radius 2 is 0.750 bits per heavy atom. The Hall–Kier alpha value is -1.19. The van der Waals surface area contributed by atoms with Crippen LogP contribution in [0.25, 0.3) is 0 Å². The highest BCUT2D eigenvalue weighted by Crippen LogP contribution is 2.03. The predicted octanol–water partition coefficient (Wildman–Crippen LogP) is -4.79. The van der Waals surface area contributed by atoms with Gasteiger partial charge in [-0.05, 0) is 16.4 Å². The standard InChI is InChI=1S/C6H12B3N3/c7-1-4(10)2(8)6(12)3(9)5(1)11/h7-12H2. The fourth-order valence-electron chi connectivity index (χ4n) is 1.28. The molecule has 0 fully saturated rings. The number of anilines is 3. The molecule has 0 saturated carbocycles. The van der Waals surface area contributed by atoms with E-state index in [0.717, 1.165) is 16.4 Å². The van der Waals surface area contributed by atoms with Gasteiger partial charge in [-0.1, -0.05) is 0 Å². The van der Waals surface area contributed by atoms with Crippen LogP contribution in [-0.2, 0) is 0 Å². The lowest BCUT2D eigenvalue weighted by Crippen LogP contribution is -2.35. The first kappa shape index (κ1) is 8.91. The lowest BCUT2D eigenvalue weighted by Gasteiger charge is -2.15. The van der Waals surface area contributed by atoms with Crippen molar-refractivity contribution in [3.63, 3.8) is 0 Å². The lowest BCUT2D eigenvalue weighted by molar-refractivity contribution is 1.78. The Morgan fingerprint density at radius 1 is 0.583 bits per heavy atom. The first-order valence-corrected chi connectivity index (χ1v) is 3.87. The minimum absolute atomic E-state index is 0.704. The van der Waals surface area contributed by atoms with Gasteiger partial charge in [-0.15, -0.1) is 0 Å². The Morgan fingerprint density at radius 3 is 0.917 bits per heavy atom. The summed E-state index contributed by atoms with van der Waals surface area (Å²) < 4.78 is 0. The van der Waals surface area contributed by atoms with Crippen molar-refractivity contribution in [3.8, 4) is 0 Å². The Kier molecular flexibility index (Phi) is 2.00. The van der Waals surface area contributed by atoms with E-state index in [-0.39, 0.29) is 0 Å². The minimum Gasteiger partial charge on any atom is -0.400 e. The van der Waals surface area contributed by atoms with Crippen LogP contribution in [0.1, 0.15) is 0 Å². The lowest BCUT2D eigenvalue weighted by atomic mass is 9.75. The van der Waals surface area contributed by atoms with Gasteiger partial charge in [0.2, 0.25) is 0 Å². The second-order valence-corrected chi connectivity index (χ2v) is 3.12. The monoisotopic (exact) mass is 159 g/mol. The van der Waals surface area contributed by atoms with Crippen molar-refractivity contribution >= 4 is 57.0 Å². The molecular weight excluding hydrogens is 147 g/mol. The van der Waals surface area contributed by atoms with Gasteiger partial charge in [-0.2, -0.15) is 0 Å². The maximum absolute atomic E-state index is 5.79. The maximum atomic E-state index is 5.79. The number of hydrogen-bond acceptors (Lipinski definition) is 3. The highest BCUT2D eigenvalue weighted by molar-refractivity contribution is 6.54. The second-order valence-electron chi connectivity index (χ2n) is 3.12. The summed E-state index contributed by atoms with van der Waals surface area (Å²) in [5.41, 5.74) is 22.3. The van der Waals surface area contributed by atoms with E-state index in [1.807, 2.05) is 23.5 Å². The third-order valence-electron chi connectivity index (χ3n) is 2.42. The number of nitrogens with two attached hydrogens (primary N) is 3. The van der Waals surface area contributed by atoms with E-state index in [2.05, 4.69) is 0 Å². The van der Waals surface area contributed by atoms with Crippen LogP contribution in [0.3, 0.4) is 0 Å². The first-order valence-electron chi connectivity index (χ1n) is 3.87. The molecule has 0 amide bonds. The zero-order valence-corrected chi connectivity index (χ0v) is 7.73. The summed E-state index contributed by atoms with van der Waals surface area (Å²) in [5.74, 6) is 0. The SMILES string of the molecule is Bc1c(N)c(B)c(N)c(B)c1N. The van der Waals surface area contributed by atoms with Crippen molar-refractivity contribution in [2.24, 2.45) is 0 Å². The maximum Gasteiger partial charge on any atom is 0.144 e. The highest BCUT2D eigenvalue weighted by Gasteiger charge is 2.09. The van der Waals surface area contributed by atoms with Gasteiger partial charge in [0.1, 0.15) is 23.5 Å². The number of benzene rings is 1. The fraction of sp³-hybridized carbons (Fsp3) is 0. The molecule has 60 valence electrons. The molecule has 0 heterocycles. The third kappa shape index (κ3) is 1.03. The Labute approximate surface area is 74.9 Å². The highest BCUT2D eigenvalue weighted by atomic mass is 14.7. The molecule has 0 aliphatic carbocycles. The van der Waals surface area contributed by atoms with Crippen molar-refractivity contribution in [1.82, 2.24) is 0 Å². The van der Waals surface area contributed by atoms with Crippen molar-refractivity contribution in [3.05, 3.63) is 0 Å². The van der Waals surface area contributed by atoms with E-state index in [1.165, 1.54) is 0 Å². The van der Waals surface area contributed by atoms with E-state index >= 15 is 0 Å². The summed E-state index contributed by atoms with van der Waals surface area (Å²) in [6.07, 6.45) is 0. The quantitative estimate of drug-likeness (QED) is 0.262. The smallest absolute Gasteiger partial charge is 0.144 e. The molecule has 12 heavy (non-hydrogen) atoms. The van der Waals surface area contributed by atoms with Gasteiger partial charge in [0.05, 0.1) is 0 Å². The van der Waals surface area contributed by atoms with E-state index < -0.39 is 0 Å². The van der Waals surface area contributed by atoms with Gasteiger partial charge in [-0.3, -0.25) is 0 Å². The summed E-state index contributed by atoms with van der Waals surface area (Å²) >= 11 is 0. The normalized spacial score (nSPS) is 10.0. The van der Waals surface area contributed by atoms with Gasteiger partial charge < -0.3 is 17.2 Å². The van der Waals surface area contributed by atoms with Gasteiger partial charge in [0.15, 0.2) is 0 Å². The molecule has 0 unspecified atom stereocenters. The average molecular weight is 159 g/mol. The van der Waals surface area contributed by atoms with Gasteiger partial charge in [0.25, 0.3) is 0 Å². The van der Waals surface area contributed by atoms with Crippen LogP contribution in [0.2, 0.25) is 0 Å². The van der Waals surface area contributed by atoms with Crippen LogP contribution in [0.4, 0.5) is 17.1 Å². The third-order valence-corrected chi connectivity index (χ3v) is 2.42. The first-order chi connectivity index (χ1) is 5.46. The van der Waals surface area contributed by atoms with Crippen LogP contribution in [-0.4, -0.2) is 23.5 Å². The molecule has 0 atom stereocenters. The van der Waals surface area contributed by atoms with Crippen LogP contribution >= 0.6 is 0 Å². The molecule has 3 nitrogen and oxygen atoms in total. The van der Waals surface area contributed by atoms with E-state index in [1.54, 1.807) is 0 Å². The summed E-state index contributed by atoms with van der Waals surface area (Å²) in [4.78, 5) is 0. The average Bonchev–Trinajstić information content (AvgIpc) is 2.08. The zero-order chi connectivity index (χ0) is 9.46. The summed E-state index contributed by atoms with van der Waals surface area (Å²) in [5, 5.41) is 0. The van der Waals surface area contributed by atoms with Crippen LogP contribution in [0, 0.1) is 0 Å². The molecule has 1 aromatic rings. The predicted molar refractivity (Wildman–Crippen MR) is 64.2 cm³/mol. The molecule has 0 aliphatic heterocycles. The molecule has 0 bridgehead atoms. The van der Waals surface area contributed by atoms with Crippen LogP contribution in [0.5, 0.6) is 0 Å². The van der Waals surface area contributed by atoms with Gasteiger partial charge in [-0.25, -0.2) is 0 Å². The summed E-state index contributed by atoms with van der Waals surface area (Å²) in [7, 11) is 5.72. The molecule has 0 aromatic heterocycles. The number of nitrogen functional groups attached to an aromatic ring is 3. The Balaban J connectivity index is 3.60. The topological polar surface area (TPSA) is 78.1 Å². The second kappa shape index (κ2) is 2.70. The van der Waals surface area contributed by atoms with E-state index in [9.17, 15) is 0 Å². The van der Waals surface area contributed by atoms with Crippen molar-refractivity contribution in [1.29, 1.82) is 0 Å². The Bertz CT molecular complexity index is 232. The summed E-state index contributed by atoms with van der Waals surface area (Å²) in [6.45, 7) is 0. The molecular formula is C6H12B3N3. The van der Waals surface area contributed by atoms with Crippen molar-refractivity contribution in [2.75, 3.05) is 17.2 Å². The van der Waals surface area contributed by atoms with Crippen molar-refractivity contribution in [2.45, 2.75) is 0 Å². The van der Waals surface area contributed by atoms with Gasteiger partial charge >= 0.3 is 0 Å².